The molecule has 0 unspecified atom stereocenters. The Morgan fingerprint density at radius 1 is 1.03 bits per heavy atom. The molecule has 154 valence electrons. The third-order valence-electron chi connectivity index (χ3n) is 4.75. The number of aryl methyl sites for hydroxylation is 2. The molecule has 4 rings (SSSR count). The molecule has 0 atom stereocenters. The molecule has 1 aromatic heterocycles. The SMILES string of the molecule is CCOc1ccc(S(=O)(=O)Nc2ccc(C)c(-n3nnnc3C)c2)c2ccccc12. The van der Waals surface area contributed by atoms with Gasteiger partial charge in [-0.2, -0.15) is 4.68 Å². The van der Waals surface area contributed by atoms with Crippen LogP contribution in [0.25, 0.3) is 16.5 Å². The van der Waals surface area contributed by atoms with E-state index in [1.165, 1.54) is 0 Å². The lowest BCUT2D eigenvalue weighted by Gasteiger charge is -2.14. The number of hydrogen-bond donors (Lipinski definition) is 1. The predicted octanol–water partition coefficient (Wildman–Crippen LogP) is 3.63. The van der Waals surface area contributed by atoms with E-state index in [-0.39, 0.29) is 4.90 Å². The Morgan fingerprint density at radius 2 is 1.80 bits per heavy atom. The normalized spacial score (nSPS) is 11.6. The van der Waals surface area contributed by atoms with Gasteiger partial charge in [-0.3, -0.25) is 4.72 Å². The van der Waals surface area contributed by atoms with E-state index < -0.39 is 10.0 Å². The zero-order valence-corrected chi connectivity index (χ0v) is 17.6. The van der Waals surface area contributed by atoms with E-state index in [1.807, 2.05) is 38.1 Å². The lowest BCUT2D eigenvalue weighted by atomic mass is 10.1. The topological polar surface area (TPSA) is 99.0 Å². The molecule has 0 bridgehead atoms. The summed E-state index contributed by atoms with van der Waals surface area (Å²) < 4.78 is 36.4. The monoisotopic (exact) mass is 423 g/mol. The van der Waals surface area contributed by atoms with Gasteiger partial charge in [0.1, 0.15) is 5.75 Å². The van der Waals surface area contributed by atoms with Gasteiger partial charge in [-0.05, 0) is 61.0 Å². The van der Waals surface area contributed by atoms with Crippen molar-refractivity contribution in [1.29, 1.82) is 0 Å². The maximum atomic E-state index is 13.2. The number of hydrogen-bond acceptors (Lipinski definition) is 6. The van der Waals surface area contributed by atoms with E-state index in [0.717, 1.165) is 10.9 Å². The van der Waals surface area contributed by atoms with Gasteiger partial charge in [0.25, 0.3) is 10.0 Å². The van der Waals surface area contributed by atoms with Gasteiger partial charge in [0.15, 0.2) is 5.82 Å². The summed E-state index contributed by atoms with van der Waals surface area (Å²) in [6.07, 6.45) is 0. The molecule has 3 aromatic carbocycles. The minimum atomic E-state index is -3.85. The second-order valence-electron chi connectivity index (χ2n) is 6.79. The van der Waals surface area contributed by atoms with Crippen LogP contribution in [0.4, 0.5) is 5.69 Å². The zero-order valence-electron chi connectivity index (χ0n) is 16.8. The molecule has 4 aromatic rings. The summed E-state index contributed by atoms with van der Waals surface area (Å²) in [6.45, 7) is 6.08. The number of aromatic nitrogens is 4. The summed E-state index contributed by atoms with van der Waals surface area (Å²) in [4.78, 5) is 0.183. The largest absolute Gasteiger partial charge is 0.493 e. The molecule has 9 heteroatoms. The van der Waals surface area contributed by atoms with Gasteiger partial charge in [-0.25, -0.2) is 8.42 Å². The minimum absolute atomic E-state index is 0.183. The zero-order chi connectivity index (χ0) is 21.3. The van der Waals surface area contributed by atoms with E-state index in [2.05, 4.69) is 20.2 Å². The highest BCUT2D eigenvalue weighted by Crippen LogP contribution is 2.32. The van der Waals surface area contributed by atoms with Crippen molar-refractivity contribution in [2.45, 2.75) is 25.7 Å². The van der Waals surface area contributed by atoms with Crippen LogP contribution in [0, 0.1) is 13.8 Å². The third kappa shape index (κ3) is 3.59. The van der Waals surface area contributed by atoms with Crippen LogP contribution in [-0.2, 0) is 10.0 Å². The van der Waals surface area contributed by atoms with Crippen molar-refractivity contribution in [2.75, 3.05) is 11.3 Å². The average molecular weight is 423 g/mol. The van der Waals surface area contributed by atoms with Crippen LogP contribution in [0.5, 0.6) is 5.75 Å². The summed E-state index contributed by atoms with van der Waals surface area (Å²) in [7, 11) is -3.85. The van der Waals surface area contributed by atoms with Crippen molar-refractivity contribution in [3.05, 3.63) is 66.0 Å². The number of nitrogens with one attached hydrogen (secondary N) is 1. The average Bonchev–Trinajstić information content (AvgIpc) is 3.15. The molecule has 1 N–H and O–H groups in total. The van der Waals surface area contributed by atoms with E-state index >= 15 is 0 Å². The molecular formula is C21H21N5O3S. The molecule has 0 fully saturated rings. The van der Waals surface area contributed by atoms with Crippen molar-refractivity contribution in [3.8, 4) is 11.4 Å². The molecule has 30 heavy (non-hydrogen) atoms. The Bertz CT molecular complexity index is 1330. The van der Waals surface area contributed by atoms with Gasteiger partial charge in [0.2, 0.25) is 0 Å². The number of benzene rings is 3. The first-order valence-corrected chi connectivity index (χ1v) is 10.9. The molecule has 0 spiro atoms. The van der Waals surface area contributed by atoms with Crippen LogP contribution in [-0.4, -0.2) is 35.2 Å². The minimum Gasteiger partial charge on any atom is -0.493 e. The van der Waals surface area contributed by atoms with Crippen LogP contribution in [0.1, 0.15) is 18.3 Å². The van der Waals surface area contributed by atoms with Gasteiger partial charge < -0.3 is 4.74 Å². The van der Waals surface area contributed by atoms with E-state index in [1.54, 1.807) is 41.9 Å². The Hall–Kier alpha value is -3.46. The summed E-state index contributed by atoms with van der Waals surface area (Å²) in [5.41, 5.74) is 2.04. The molecular weight excluding hydrogens is 402 g/mol. The Morgan fingerprint density at radius 3 is 2.50 bits per heavy atom. The summed E-state index contributed by atoms with van der Waals surface area (Å²) in [6, 6.07) is 15.8. The molecule has 0 amide bonds. The number of rotatable bonds is 6. The number of anilines is 1. The van der Waals surface area contributed by atoms with Crippen LogP contribution in [0.3, 0.4) is 0 Å². The second kappa shape index (κ2) is 7.75. The number of fused-ring (bicyclic) bond motifs is 1. The van der Waals surface area contributed by atoms with Gasteiger partial charge >= 0.3 is 0 Å². The smallest absolute Gasteiger partial charge is 0.262 e. The molecule has 0 aliphatic carbocycles. The van der Waals surface area contributed by atoms with Gasteiger partial charge in [-0.15, -0.1) is 5.10 Å². The first-order chi connectivity index (χ1) is 14.4. The third-order valence-corrected chi connectivity index (χ3v) is 6.19. The van der Waals surface area contributed by atoms with E-state index in [4.69, 9.17) is 4.74 Å². The number of sulfonamides is 1. The van der Waals surface area contributed by atoms with Crippen molar-refractivity contribution in [1.82, 2.24) is 20.2 Å². The number of tetrazole rings is 1. The number of ether oxygens (including phenoxy) is 1. The fourth-order valence-corrected chi connectivity index (χ4v) is 4.59. The number of nitrogens with zero attached hydrogens (tertiary/aromatic N) is 4. The molecule has 0 saturated heterocycles. The van der Waals surface area contributed by atoms with Crippen molar-refractivity contribution >= 4 is 26.5 Å². The maximum Gasteiger partial charge on any atom is 0.262 e. The quantitative estimate of drug-likeness (QED) is 0.508. The predicted molar refractivity (Wildman–Crippen MR) is 115 cm³/mol. The highest BCUT2D eigenvalue weighted by atomic mass is 32.2. The van der Waals surface area contributed by atoms with E-state index in [9.17, 15) is 8.42 Å². The molecule has 0 aliphatic rings. The summed E-state index contributed by atoms with van der Waals surface area (Å²) in [5.74, 6) is 1.26. The molecule has 1 heterocycles. The highest BCUT2D eigenvalue weighted by Gasteiger charge is 2.20. The lowest BCUT2D eigenvalue weighted by molar-refractivity contribution is 0.344. The fourth-order valence-electron chi connectivity index (χ4n) is 3.32. The first-order valence-electron chi connectivity index (χ1n) is 9.44. The Kier molecular flexibility index (Phi) is 5.13. The Labute approximate surface area is 174 Å². The highest BCUT2D eigenvalue weighted by molar-refractivity contribution is 7.93. The van der Waals surface area contributed by atoms with Crippen LogP contribution < -0.4 is 9.46 Å². The summed E-state index contributed by atoms with van der Waals surface area (Å²) >= 11 is 0. The Balaban J connectivity index is 1.76. The molecule has 0 aliphatic heterocycles. The van der Waals surface area contributed by atoms with E-state index in [0.29, 0.717) is 34.9 Å². The van der Waals surface area contributed by atoms with Crippen LogP contribution in [0.2, 0.25) is 0 Å². The van der Waals surface area contributed by atoms with Gasteiger partial charge in [0.05, 0.1) is 22.9 Å². The molecule has 0 saturated carbocycles. The van der Waals surface area contributed by atoms with Gasteiger partial charge in [-0.1, -0.05) is 30.3 Å². The lowest BCUT2D eigenvalue weighted by Crippen LogP contribution is -2.14. The maximum absolute atomic E-state index is 13.2. The molecule has 8 nitrogen and oxygen atoms in total. The van der Waals surface area contributed by atoms with Crippen molar-refractivity contribution in [3.63, 3.8) is 0 Å². The van der Waals surface area contributed by atoms with Crippen LogP contribution >= 0.6 is 0 Å². The first kappa shape index (κ1) is 19.8. The van der Waals surface area contributed by atoms with Crippen molar-refractivity contribution in [2.24, 2.45) is 0 Å². The second-order valence-corrected chi connectivity index (χ2v) is 8.44. The summed E-state index contributed by atoms with van der Waals surface area (Å²) in [5, 5.41) is 12.9. The fraction of sp³-hybridized carbons (Fsp3) is 0.190. The van der Waals surface area contributed by atoms with Crippen molar-refractivity contribution < 1.29 is 13.2 Å². The van der Waals surface area contributed by atoms with Gasteiger partial charge in [0, 0.05) is 10.8 Å². The standard InChI is InChI=1S/C21H21N5O3S/c1-4-29-20-11-12-21(18-8-6-5-7-17(18)20)30(27,28)23-16-10-9-14(2)19(13-16)26-15(3)22-24-25-26/h5-13,23H,4H2,1-3H3. The van der Waals surface area contributed by atoms with Crippen LogP contribution in [0.15, 0.2) is 59.5 Å². The molecule has 0 radical (unpaired) electrons.